The largest absolute Gasteiger partial charge is 0.396 e. The summed E-state index contributed by atoms with van der Waals surface area (Å²) in [5.74, 6) is 7.66. The number of hydrogen-bond donors (Lipinski definition) is 4. The Kier molecular flexibility index (Phi) is 3.68. The first-order valence-corrected chi connectivity index (χ1v) is 6.33. The zero-order chi connectivity index (χ0) is 13.2. The molecule has 100 valence electrons. The fraction of sp³-hybridized carbons (Fsp3) is 0.667. The molecule has 0 spiro atoms. The van der Waals surface area contributed by atoms with Crippen molar-refractivity contribution in [2.75, 3.05) is 23.9 Å². The summed E-state index contributed by atoms with van der Waals surface area (Å²) in [7, 11) is 0. The van der Waals surface area contributed by atoms with Crippen molar-refractivity contribution >= 4 is 11.6 Å². The van der Waals surface area contributed by atoms with Crippen LogP contribution in [0.3, 0.4) is 0 Å². The number of hydrogen-bond acceptors (Lipinski definition) is 6. The molecule has 5 N–H and O–H groups in total. The van der Waals surface area contributed by atoms with Crippen molar-refractivity contribution in [3.63, 3.8) is 0 Å². The van der Waals surface area contributed by atoms with E-state index in [1.165, 1.54) is 0 Å². The summed E-state index contributed by atoms with van der Waals surface area (Å²) >= 11 is 0. The van der Waals surface area contributed by atoms with Gasteiger partial charge in [-0.15, -0.1) is 0 Å². The first kappa shape index (κ1) is 13.0. The third-order valence-electron chi connectivity index (χ3n) is 3.57. The van der Waals surface area contributed by atoms with Gasteiger partial charge in [0.05, 0.1) is 6.61 Å². The lowest BCUT2D eigenvalue weighted by Gasteiger charge is -2.16. The van der Waals surface area contributed by atoms with Gasteiger partial charge in [0.15, 0.2) is 0 Å². The fourth-order valence-corrected chi connectivity index (χ4v) is 1.87. The van der Waals surface area contributed by atoms with Gasteiger partial charge in [-0.2, -0.15) is 0 Å². The molecule has 6 heteroatoms. The van der Waals surface area contributed by atoms with Crippen LogP contribution in [0.25, 0.3) is 0 Å². The van der Waals surface area contributed by atoms with E-state index in [0.29, 0.717) is 5.82 Å². The van der Waals surface area contributed by atoms with Crippen LogP contribution in [0.4, 0.5) is 11.6 Å². The minimum Gasteiger partial charge on any atom is -0.396 e. The minimum atomic E-state index is 0.0556. The zero-order valence-corrected chi connectivity index (χ0v) is 11.0. The number of rotatable bonds is 6. The third-order valence-corrected chi connectivity index (χ3v) is 3.57. The second-order valence-electron chi connectivity index (χ2n) is 4.97. The third kappa shape index (κ3) is 2.54. The summed E-state index contributed by atoms with van der Waals surface area (Å²) in [5.41, 5.74) is 3.56. The predicted molar refractivity (Wildman–Crippen MR) is 71.2 cm³/mol. The number of nitrogens with two attached hydrogens (primary N) is 1. The van der Waals surface area contributed by atoms with Crippen molar-refractivity contribution in [1.29, 1.82) is 0 Å². The molecular weight excluding hydrogens is 230 g/mol. The first-order valence-electron chi connectivity index (χ1n) is 6.33. The number of aliphatic hydroxyl groups is 1. The van der Waals surface area contributed by atoms with E-state index in [0.717, 1.165) is 43.0 Å². The maximum Gasteiger partial charge on any atom is 0.148 e. The standard InChI is InChI=1S/C12H21N5O/c1-3-9-15-10(8(2)11(16-9)17-13)14-6-12(7-18)4-5-12/h18H,3-7,13H2,1-2H3,(H2,14,15,16,17). The summed E-state index contributed by atoms with van der Waals surface area (Å²) in [6.07, 6.45) is 2.90. The molecule has 0 aliphatic heterocycles. The SMILES string of the molecule is CCc1nc(NN)c(C)c(NCC2(CO)CC2)n1. The summed E-state index contributed by atoms with van der Waals surface area (Å²) in [6, 6.07) is 0. The van der Waals surface area contributed by atoms with Crippen LogP contribution in [-0.4, -0.2) is 28.2 Å². The second kappa shape index (κ2) is 5.07. The molecule has 1 saturated carbocycles. The molecule has 1 aliphatic carbocycles. The topological polar surface area (TPSA) is 96.1 Å². The molecule has 0 aromatic carbocycles. The second-order valence-corrected chi connectivity index (χ2v) is 4.97. The van der Waals surface area contributed by atoms with E-state index in [1.807, 2.05) is 13.8 Å². The van der Waals surface area contributed by atoms with E-state index in [2.05, 4.69) is 20.7 Å². The highest BCUT2D eigenvalue weighted by Crippen LogP contribution is 2.45. The molecule has 6 nitrogen and oxygen atoms in total. The Bertz CT molecular complexity index is 431. The number of hydrazine groups is 1. The van der Waals surface area contributed by atoms with Crippen LogP contribution >= 0.6 is 0 Å². The molecule has 1 aromatic heterocycles. The van der Waals surface area contributed by atoms with Gasteiger partial charge >= 0.3 is 0 Å². The zero-order valence-electron chi connectivity index (χ0n) is 11.0. The molecule has 1 heterocycles. The van der Waals surface area contributed by atoms with E-state index in [9.17, 15) is 5.11 Å². The molecular formula is C12H21N5O. The molecule has 0 saturated heterocycles. The summed E-state index contributed by atoms with van der Waals surface area (Å²) in [4.78, 5) is 8.78. The lowest BCUT2D eigenvalue weighted by atomic mass is 10.1. The van der Waals surface area contributed by atoms with E-state index in [1.54, 1.807) is 0 Å². The molecule has 1 fully saturated rings. The Balaban J connectivity index is 2.15. The number of anilines is 2. The van der Waals surface area contributed by atoms with Gasteiger partial charge in [-0.3, -0.25) is 0 Å². The summed E-state index contributed by atoms with van der Waals surface area (Å²) < 4.78 is 0. The molecule has 0 unspecified atom stereocenters. The fourth-order valence-electron chi connectivity index (χ4n) is 1.87. The van der Waals surface area contributed by atoms with E-state index < -0.39 is 0 Å². The Morgan fingerprint density at radius 3 is 2.50 bits per heavy atom. The van der Waals surface area contributed by atoms with Crippen LogP contribution < -0.4 is 16.6 Å². The first-order chi connectivity index (χ1) is 8.64. The van der Waals surface area contributed by atoms with E-state index >= 15 is 0 Å². The van der Waals surface area contributed by atoms with Crippen LogP contribution in [0.2, 0.25) is 0 Å². The van der Waals surface area contributed by atoms with Crippen molar-refractivity contribution < 1.29 is 5.11 Å². The van der Waals surface area contributed by atoms with Gasteiger partial charge in [0.25, 0.3) is 0 Å². The predicted octanol–water partition coefficient (Wildman–Crippen LogP) is 0.817. The van der Waals surface area contributed by atoms with Gasteiger partial charge in [-0.25, -0.2) is 15.8 Å². The van der Waals surface area contributed by atoms with Gasteiger partial charge in [-0.1, -0.05) is 6.92 Å². The van der Waals surface area contributed by atoms with Crippen LogP contribution in [-0.2, 0) is 6.42 Å². The smallest absolute Gasteiger partial charge is 0.148 e. The summed E-state index contributed by atoms with van der Waals surface area (Å²) in [5, 5.41) is 12.6. The maximum absolute atomic E-state index is 9.30. The van der Waals surface area contributed by atoms with Crippen molar-refractivity contribution in [2.24, 2.45) is 11.3 Å². The summed E-state index contributed by atoms with van der Waals surface area (Å²) in [6.45, 7) is 4.90. The number of nitrogens with one attached hydrogen (secondary N) is 2. The van der Waals surface area contributed by atoms with E-state index in [-0.39, 0.29) is 12.0 Å². The van der Waals surface area contributed by atoms with Crippen LogP contribution in [0.15, 0.2) is 0 Å². The van der Waals surface area contributed by atoms with Gasteiger partial charge in [0, 0.05) is 23.9 Å². The van der Waals surface area contributed by atoms with Crippen LogP contribution in [0.5, 0.6) is 0 Å². The molecule has 0 atom stereocenters. The van der Waals surface area contributed by atoms with Crippen molar-refractivity contribution in [2.45, 2.75) is 33.1 Å². The Hall–Kier alpha value is -1.40. The Morgan fingerprint density at radius 2 is 2.00 bits per heavy atom. The minimum absolute atomic E-state index is 0.0556. The molecule has 0 radical (unpaired) electrons. The maximum atomic E-state index is 9.30. The number of aryl methyl sites for hydroxylation is 1. The molecule has 1 aromatic rings. The average molecular weight is 251 g/mol. The van der Waals surface area contributed by atoms with Crippen LogP contribution in [0, 0.1) is 12.3 Å². The molecule has 0 amide bonds. The van der Waals surface area contributed by atoms with Gasteiger partial charge in [0.1, 0.15) is 17.5 Å². The molecule has 2 rings (SSSR count). The van der Waals surface area contributed by atoms with Crippen molar-refractivity contribution in [3.05, 3.63) is 11.4 Å². The van der Waals surface area contributed by atoms with Crippen molar-refractivity contribution in [3.8, 4) is 0 Å². The number of nitrogen functional groups attached to an aromatic ring is 1. The van der Waals surface area contributed by atoms with Gasteiger partial charge < -0.3 is 15.8 Å². The molecule has 0 bridgehead atoms. The molecule has 1 aliphatic rings. The quantitative estimate of drug-likeness (QED) is 0.441. The number of aliphatic hydroxyl groups excluding tert-OH is 1. The Morgan fingerprint density at radius 1 is 1.33 bits per heavy atom. The number of aromatic nitrogens is 2. The monoisotopic (exact) mass is 251 g/mol. The molecule has 18 heavy (non-hydrogen) atoms. The van der Waals surface area contributed by atoms with Gasteiger partial charge in [-0.05, 0) is 19.8 Å². The Labute approximate surface area is 107 Å². The lowest BCUT2D eigenvalue weighted by Crippen LogP contribution is -2.21. The highest BCUT2D eigenvalue weighted by Gasteiger charge is 2.41. The normalized spacial score (nSPS) is 16.4. The average Bonchev–Trinajstić information content (AvgIpc) is 3.18. The lowest BCUT2D eigenvalue weighted by molar-refractivity contribution is 0.219. The van der Waals surface area contributed by atoms with Crippen LogP contribution in [0.1, 0.15) is 31.2 Å². The van der Waals surface area contributed by atoms with E-state index in [4.69, 9.17) is 5.84 Å². The number of nitrogens with zero attached hydrogens (tertiary/aromatic N) is 2. The highest BCUT2D eigenvalue weighted by molar-refractivity contribution is 5.56. The highest BCUT2D eigenvalue weighted by atomic mass is 16.3. The van der Waals surface area contributed by atoms with Gasteiger partial charge in [0.2, 0.25) is 0 Å². The van der Waals surface area contributed by atoms with Crippen molar-refractivity contribution in [1.82, 2.24) is 9.97 Å².